The molecule has 0 saturated heterocycles. The van der Waals surface area contributed by atoms with Crippen LogP contribution in [-0.4, -0.2) is 27.1 Å². The van der Waals surface area contributed by atoms with Crippen molar-refractivity contribution in [3.63, 3.8) is 0 Å². The Hall–Kier alpha value is -3.56. The number of nitrogens with zero attached hydrogens (tertiary/aromatic N) is 1. The van der Waals surface area contributed by atoms with E-state index in [2.05, 4.69) is 10.6 Å². The molecule has 2 N–H and O–H groups in total. The molecule has 0 aliphatic carbocycles. The summed E-state index contributed by atoms with van der Waals surface area (Å²) in [4.78, 5) is 25.3. The molecule has 0 aromatic heterocycles. The maximum atomic E-state index is 13.3. The normalized spacial score (nSPS) is 10.9. The maximum Gasteiger partial charge on any atom is 0.344 e. The van der Waals surface area contributed by atoms with Crippen LogP contribution >= 0.6 is 11.6 Å². The third-order valence-electron chi connectivity index (χ3n) is 4.45. The number of urea groups is 2. The number of carbonyl (C=O) groups is 2. The van der Waals surface area contributed by atoms with Crippen LogP contribution < -0.4 is 19.7 Å². The van der Waals surface area contributed by atoms with E-state index in [0.29, 0.717) is 27.4 Å². The van der Waals surface area contributed by atoms with Gasteiger partial charge in [0.05, 0.1) is 17.2 Å². The number of hydrogen-bond acceptors (Lipinski definition) is 5. The molecule has 0 heterocycles. The average Bonchev–Trinajstić information content (AvgIpc) is 2.77. The lowest BCUT2D eigenvalue weighted by Crippen LogP contribution is -2.47. The highest BCUT2D eigenvalue weighted by molar-refractivity contribution is 7.93. The topological polar surface area (TPSA) is 105 Å². The summed E-state index contributed by atoms with van der Waals surface area (Å²) in [5.74, 6) is 0.623. The summed E-state index contributed by atoms with van der Waals surface area (Å²) >= 11 is 5.91. The molecule has 33 heavy (non-hydrogen) atoms. The number of amides is 4. The molecule has 172 valence electrons. The summed E-state index contributed by atoms with van der Waals surface area (Å²) < 4.78 is 32.5. The van der Waals surface area contributed by atoms with Crippen LogP contribution in [0.3, 0.4) is 0 Å². The van der Waals surface area contributed by atoms with Crippen LogP contribution in [0.4, 0.5) is 21.0 Å². The highest BCUT2D eigenvalue weighted by Gasteiger charge is 2.32. The second-order valence-electron chi connectivity index (χ2n) is 6.90. The Kier molecular flexibility index (Phi) is 7.57. The van der Waals surface area contributed by atoms with Crippen molar-refractivity contribution >= 4 is 45.1 Å². The summed E-state index contributed by atoms with van der Waals surface area (Å²) in [5, 5.41) is 4.91. The lowest BCUT2D eigenvalue weighted by Gasteiger charge is -2.23. The summed E-state index contributed by atoms with van der Waals surface area (Å²) in [6.45, 7) is 4.16. The lowest BCUT2D eigenvalue weighted by molar-refractivity contribution is 0.238. The molecule has 3 aromatic rings. The number of nitrogens with one attached hydrogen (secondary N) is 2. The SMILES string of the molecule is CCOc1ccc(NC(=O)NC(=O)N(c2ccc(Cl)cc2)S(=O)(=O)c2ccc(C)cc2)cc1. The second-order valence-corrected chi connectivity index (χ2v) is 9.12. The Morgan fingerprint density at radius 1 is 0.939 bits per heavy atom. The molecule has 0 atom stereocenters. The van der Waals surface area contributed by atoms with Gasteiger partial charge in [-0.2, -0.15) is 4.31 Å². The van der Waals surface area contributed by atoms with Crippen molar-refractivity contribution in [3.05, 3.63) is 83.4 Å². The minimum atomic E-state index is -4.33. The van der Waals surface area contributed by atoms with E-state index >= 15 is 0 Å². The average molecular weight is 488 g/mol. The van der Waals surface area contributed by atoms with Crippen LogP contribution in [0.1, 0.15) is 12.5 Å². The van der Waals surface area contributed by atoms with Crippen molar-refractivity contribution in [3.8, 4) is 5.75 Å². The highest BCUT2D eigenvalue weighted by Crippen LogP contribution is 2.26. The zero-order chi connectivity index (χ0) is 24.0. The first-order chi connectivity index (χ1) is 15.7. The Morgan fingerprint density at radius 2 is 1.55 bits per heavy atom. The fourth-order valence-corrected chi connectivity index (χ4v) is 4.35. The highest BCUT2D eigenvalue weighted by atomic mass is 35.5. The fraction of sp³-hybridized carbons (Fsp3) is 0.130. The molecule has 10 heteroatoms. The van der Waals surface area contributed by atoms with Crippen LogP contribution in [0.5, 0.6) is 5.75 Å². The molecule has 0 radical (unpaired) electrons. The summed E-state index contributed by atoms with van der Waals surface area (Å²) in [5.41, 5.74) is 1.26. The zero-order valence-electron chi connectivity index (χ0n) is 17.9. The monoisotopic (exact) mass is 487 g/mol. The second kappa shape index (κ2) is 10.4. The number of ether oxygens (including phenoxy) is 1. The van der Waals surface area contributed by atoms with Gasteiger partial charge in [-0.15, -0.1) is 0 Å². The molecule has 0 bridgehead atoms. The van der Waals surface area contributed by atoms with Crippen LogP contribution in [0.15, 0.2) is 77.7 Å². The molecular formula is C23H22ClN3O5S. The fourth-order valence-electron chi connectivity index (χ4n) is 2.87. The number of hydrogen-bond donors (Lipinski definition) is 2. The van der Waals surface area contributed by atoms with Gasteiger partial charge in [0, 0.05) is 10.7 Å². The van der Waals surface area contributed by atoms with Crippen LogP contribution in [0.2, 0.25) is 5.02 Å². The molecule has 3 rings (SSSR count). The first kappa shape index (κ1) is 24.1. The van der Waals surface area contributed by atoms with Crippen molar-refractivity contribution in [1.29, 1.82) is 0 Å². The third-order valence-corrected chi connectivity index (χ3v) is 6.43. The van der Waals surface area contributed by atoms with E-state index in [1.54, 1.807) is 36.4 Å². The van der Waals surface area contributed by atoms with E-state index in [-0.39, 0.29) is 10.6 Å². The molecular weight excluding hydrogens is 466 g/mol. The van der Waals surface area contributed by atoms with E-state index in [0.717, 1.165) is 5.56 Å². The molecule has 8 nitrogen and oxygen atoms in total. The zero-order valence-corrected chi connectivity index (χ0v) is 19.5. The molecule has 0 aliphatic rings. The molecule has 0 fully saturated rings. The number of imide groups is 1. The minimum Gasteiger partial charge on any atom is -0.494 e. The standard InChI is InChI=1S/C23H22ClN3O5S/c1-3-32-20-12-8-18(9-13-20)25-22(28)26-23(29)27(19-10-6-17(24)7-11-19)33(30,31)21-14-4-16(2)5-15-21/h4-15H,3H2,1-2H3,(H2,25,26,28,29). The predicted octanol–water partition coefficient (Wildman–Crippen LogP) is 5.18. The molecule has 4 amide bonds. The quantitative estimate of drug-likeness (QED) is 0.498. The van der Waals surface area contributed by atoms with Crippen molar-refractivity contribution in [2.45, 2.75) is 18.7 Å². The van der Waals surface area contributed by atoms with Gasteiger partial charge in [0.1, 0.15) is 5.75 Å². The molecule has 3 aromatic carbocycles. The smallest absolute Gasteiger partial charge is 0.344 e. The van der Waals surface area contributed by atoms with Gasteiger partial charge in [0.25, 0.3) is 10.0 Å². The van der Waals surface area contributed by atoms with Gasteiger partial charge in [-0.3, -0.25) is 5.32 Å². The van der Waals surface area contributed by atoms with Crippen molar-refractivity contribution in [2.24, 2.45) is 0 Å². The van der Waals surface area contributed by atoms with Gasteiger partial charge in [0.2, 0.25) is 0 Å². The molecule has 0 saturated carbocycles. The molecule has 0 spiro atoms. The van der Waals surface area contributed by atoms with Crippen molar-refractivity contribution < 1.29 is 22.7 Å². The number of anilines is 2. The van der Waals surface area contributed by atoms with E-state index in [4.69, 9.17) is 16.3 Å². The van der Waals surface area contributed by atoms with Crippen LogP contribution in [-0.2, 0) is 10.0 Å². The largest absolute Gasteiger partial charge is 0.494 e. The number of benzene rings is 3. The summed E-state index contributed by atoms with van der Waals surface area (Å²) in [6, 6.07) is 16.1. The van der Waals surface area contributed by atoms with E-state index in [1.807, 2.05) is 13.8 Å². The van der Waals surface area contributed by atoms with Gasteiger partial charge in [-0.05, 0) is 74.5 Å². The van der Waals surface area contributed by atoms with Gasteiger partial charge in [-0.25, -0.2) is 18.0 Å². The number of aryl methyl sites for hydroxylation is 1. The molecule has 0 unspecified atom stereocenters. The van der Waals surface area contributed by atoms with Crippen molar-refractivity contribution in [1.82, 2.24) is 5.32 Å². The van der Waals surface area contributed by atoms with Gasteiger partial charge in [-0.1, -0.05) is 29.3 Å². The van der Waals surface area contributed by atoms with Gasteiger partial charge < -0.3 is 10.1 Å². The van der Waals surface area contributed by atoms with E-state index in [1.165, 1.54) is 36.4 Å². The first-order valence-electron chi connectivity index (χ1n) is 9.93. The van der Waals surface area contributed by atoms with E-state index < -0.39 is 22.1 Å². The summed E-state index contributed by atoms with van der Waals surface area (Å²) in [6.07, 6.45) is 0. The maximum absolute atomic E-state index is 13.3. The van der Waals surface area contributed by atoms with E-state index in [9.17, 15) is 18.0 Å². The third kappa shape index (κ3) is 6.03. The van der Waals surface area contributed by atoms with Crippen molar-refractivity contribution in [2.75, 3.05) is 16.2 Å². The Labute approximate surface area is 197 Å². The van der Waals surface area contributed by atoms with Crippen LogP contribution in [0.25, 0.3) is 0 Å². The number of carbonyl (C=O) groups excluding carboxylic acids is 2. The van der Waals surface area contributed by atoms with Crippen LogP contribution in [0, 0.1) is 6.92 Å². The first-order valence-corrected chi connectivity index (χ1v) is 11.7. The van der Waals surface area contributed by atoms with Gasteiger partial charge >= 0.3 is 12.1 Å². The summed E-state index contributed by atoms with van der Waals surface area (Å²) in [7, 11) is -4.33. The molecule has 0 aliphatic heterocycles. The predicted molar refractivity (Wildman–Crippen MR) is 127 cm³/mol. The lowest BCUT2D eigenvalue weighted by atomic mass is 10.2. The Balaban J connectivity index is 1.85. The Bertz CT molecular complexity index is 1230. The number of sulfonamides is 1. The number of halogens is 1. The number of rotatable bonds is 6. The van der Waals surface area contributed by atoms with Gasteiger partial charge in [0.15, 0.2) is 0 Å². The Morgan fingerprint density at radius 3 is 2.12 bits per heavy atom. The minimum absolute atomic E-state index is 0.0198.